The molecule has 0 saturated heterocycles. The van der Waals surface area contributed by atoms with Gasteiger partial charge in [-0.15, -0.1) is 12.3 Å². The molecule has 0 fully saturated rings. The topological polar surface area (TPSA) is 20.2 Å². The molecule has 80 valence electrons. The summed E-state index contributed by atoms with van der Waals surface area (Å²) in [5.41, 5.74) is 1.07. The van der Waals surface area contributed by atoms with Crippen LogP contribution in [0.2, 0.25) is 5.02 Å². The van der Waals surface area contributed by atoms with E-state index in [1.807, 2.05) is 24.3 Å². The minimum absolute atomic E-state index is 0.322. The third-order valence-electron chi connectivity index (χ3n) is 2.22. The van der Waals surface area contributed by atoms with Crippen molar-refractivity contribution in [3.8, 4) is 12.3 Å². The SMILES string of the molecule is C#CCCCC(O)Cc1cccc(Cl)c1. The van der Waals surface area contributed by atoms with E-state index in [1.165, 1.54) is 0 Å². The van der Waals surface area contributed by atoms with Gasteiger partial charge in [0, 0.05) is 11.4 Å². The van der Waals surface area contributed by atoms with Crippen molar-refractivity contribution in [3.05, 3.63) is 34.9 Å². The summed E-state index contributed by atoms with van der Waals surface area (Å²) in [6.07, 6.45) is 7.81. The van der Waals surface area contributed by atoms with Gasteiger partial charge in [0.05, 0.1) is 6.10 Å². The molecule has 0 aliphatic rings. The van der Waals surface area contributed by atoms with Gasteiger partial charge >= 0.3 is 0 Å². The highest BCUT2D eigenvalue weighted by Crippen LogP contribution is 2.14. The molecule has 0 saturated carbocycles. The van der Waals surface area contributed by atoms with Crippen molar-refractivity contribution in [2.24, 2.45) is 0 Å². The lowest BCUT2D eigenvalue weighted by molar-refractivity contribution is 0.162. The summed E-state index contributed by atoms with van der Waals surface area (Å²) in [7, 11) is 0. The van der Waals surface area contributed by atoms with Gasteiger partial charge in [-0.2, -0.15) is 0 Å². The van der Waals surface area contributed by atoms with Crippen LogP contribution in [0.4, 0.5) is 0 Å². The van der Waals surface area contributed by atoms with Crippen LogP contribution < -0.4 is 0 Å². The van der Waals surface area contributed by atoms with Gasteiger partial charge in [0.15, 0.2) is 0 Å². The molecule has 0 bridgehead atoms. The van der Waals surface area contributed by atoms with E-state index < -0.39 is 0 Å². The van der Waals surface area contributed by atoms with E-state index in [2.05, 4.69) is 5.92 Å². The van der Waals surface area contributed by atoms with Gasteiger partial charge in [0.25, 0.3) is 0 Å². The summed E-state index contributed by atoms with van der Waals surface area (Å²) in [4.78, 5) is 0. The fourth-order valence-corrected chi connectivity index (χ4v) is 1.69. The van der Waals surface area contributed by atoms with E-state index in [-0.39, 0.29) is 6.10 Å². The number of rotatable bonds is 5. The molecule has 1 rings (SSSR count). The fraction of sp³-hybridized carbons (Fsp3) is 0.385. The molecular weight excluding hydrogens is 208 g/mol. The first-order valence-corrected chi connectivity index (χ1v) is 5.46. The maximum absolute atomic E-state index is 9.71. The number of halogens is 1. The molecule has 0 heterocycles. The Morgan fingerprint density at radius 3 is 2.93 bits per heavy atom. The maximum atomic E-state index is 9.71. The van der Waals surface area contributed by atoms with Gasteiger partial charge in [-0.05, 0) is 37.0 Å². The zero-order valence-corrected chi connectivity index (χ0v) is 9.37. The van der Waals surface area contributed by atoms with Crippen molar-refractivity contribution in [1.29, 1.82) is 0 Å². The molecule has 1 nitrogen and oxygen atoms in total. The van der Waals surface area contributed by atoms with Gasteiger partial charge in [-0.3, -0.25) is 0 Å². The first kappa shape index (κ1) is 12.1. The first-order chi connectivity index (χ1) is 7.22. The lowest BCUT2D eigenvalue weighted by Gasteiger charge is -2.09. The van der Waals surface area contributed by atoms with Gasteiger partial charge < -0.3 is 5.11 Å². The molecule has 0 aliphatic carbocycles. The quantitative estimate of drug-likeness (QED) is 0.600. The third kappa shape index (κ3) is 4.88. The Labute approximate surface area is 96.1 Å². The van der Waals surface area contributed by atoms with Crippen molar-refractivity contribution in [2.45, 2.75) is 31.8 Å². The third-order valence-corrected chi connectivity index (χ3v) is 2.45. The van der Waals surface area contributed by atoms with E-state index in [1.54, 1.807) is 0 Å². The van der Waals surface area contributed by atoms with Crippen molar-refractivity contribution in [2.75, 3.05) is 0 Å². The lowest BCUT2D eigenvalue weighted by atomic mass is 10.0. The molecule has 15 heavy (non-hydrogen) atoms. The molecule has 1 aromatic rings. The van der Waals surface area contributed by atoms with Gasteiger partial charge in [-0.25, -0.2) is 0 Å². The van der Waals surface area contributed by atoms with Crippen LogP contribution >= 0.6 is 11.6 Å². The largest absolute Gasteiger partial charge is 0.393 e. The second kappa shape index (κ2) is 6.50. The number of aliphatic hydroxyl groups is 1. The van der Waals surface area contributed by atoms with E-state index in [0.717, 1.165) is 24.8 Å². The predicted octanol–water partition coefficient (Wildman–Crippen LogP) is 3.05. The minimum atomic E-state index is -0.322. The summed E-state index contributed by atoms with van der Waals surface area (Å²) in [5, 5.41) is 10.4. The zero-order chi connectivity index (χ0) is 11.1. The molecule has 0 radical (unpaired) electrons. The Hall–Kier alpha value is -0.970. The maximum Gasteiger partial charge on any atom is 0.0580 e. The molecule has 0 aromatic heterocycles. The van der Waals surface area contributed by atoms with Crippen molar-refractivity contribution < 1.29 is 5.11 Å². The van der Waals surface area contributed by atoms with Crippen LogP contribution in [0.5, 0.6) is 0 Å². The average molecular weight is 223 g/mol. The summed E-state index contributed by atoms with van der Waals surface area (Å²) in [6.45, 7) is 0. The Morgan fingerprint density at radius 2 is 2.27 bits per heavy atom. The van der Waals surface area contributed by atoms with Crippen LogP contribution in [0.3, 0.4) is 0 Å². The van der Waals surface area contributed by atoms with Crippen LogP contribution in [0.1, 0.15) is 24.8 Å². The second-order valence-corrected chi connectivity index (χ2v) is 4.02. The summed E-state index contributed by atoms with van der Waals surface area (Å²) < 4.78 is 0. The molecular formula is C13H15ClO. The second-order valence-electron chi connectivity index (χ2n) is 3.58. The smallest absolute Gasteiger partial charge is 0.0580 e. The van der Waals surface area contributed by atoms with Crippen LogP contribution in [0, 0.1) is 12.3 Å². The Bertz CT molecular complexity index is 341. The highest BCUT2D eigenvalue weighted by Gasteiger charge is 2.05. The Balaban J connectivity index is 2.38. The van der Waals surface area contributed by atoms with Crippen LogP contribution in [0.15, 0.2) is 24.3 Å². The highest BCUT2D eigenvalue weighted by atomic mass is 35.5. The number of terminal acetylenes is 1. The number of hydrogen-bond donors (Lipinski definition) is 1. The first-order valence-electron chi connectivity index (χ1n) is 5.08. The highest BCUT2D eigenvalue weighted by molar-refractivity contribution is 6.30. The van der Waals surface area contributed by atoms with Crippen molar-refractivity contribution in [3.63, 3.8) is 0 Å². The Kier molecular flexibility index (Phi) is 5.25. The molecule has 1 atom stereocenters. The number of hydrogen-bond acceptors (Lipinski definition) is 1. The van der Waals surface area contributed by atoms with E-state index in [4.69, 9.17) is 18.0 Å². The average Bonchev–Trinajstić information content (AvgIpc) is 2.18. The zero-order valence-electron chi connectivity index (χ0n) is 8.62. The summed E-state index contributed by atoms with van der Waals surface area (Å²) in [6, 6.07) is 7.57. The molecule has 1 unspecified atom stereocenters. The van der Waals surface area contributed by atoms with E-state index in [9.17, 15) is 5.11 Å². The predicted molar refractivity (Wildman–Crippen MR) is 63.8 cm³/mol. The molecule has 2 heteroatoms. The van der Waals surface area contributed by atoms with Gasteiger partial charge in [0.1, 0.15) is 0 Å². The minimum Gasteiger partial charge on any atom is -0.393 e. The standard InChI is InChI=1S/C13H15ClO/c1-2-3-4-8-13(15)10-11-6-5-7-12(14)9-11/h1,5-7,9,13,15H,3-4,8,10H2. The molecule has 0 amide bonds. The normalized spacial score (nSPS) is 12.1. The molecule has 1 N–H and O–H groups in total. The summed E-state index contributed by atoms with van der Waals surface area (Å²) >= 11 is 5.85. The van der Waals surface area contributed by atoms with Gasteiger partial charge in [-0.1, -0.05) is 23.7 Å². The monoisotopic (exact) mass is 222 g/mol. The van der Waals surface area contributed by atoms with Crippen molar-refractivity contribution in [1.82, 2.24) is 0 Å². The molecule has 0 aliphatic heterocycles. The Morgan fingerprint density at radius 1 is 1.47 bits per heavy atom. The van der Waals surface area contributed by atoms with Gasteiger partial charge in [0.2, 0.25) is 0 Å². The lowest BCUT2D eigenvalue weighted by Crippen LogP contribution is -2.09. The van der Waals surface area contributed by atoms with E-state index in [0.29, 0.717) is 11.4 Å². The number of unbranched alkanes of at least 4 members (excludes halogenated alkanes) is 1. The van der Waals surface area contributed by atoms with Crippen LogP contribution in [0.25, 0.3) is 0 Å². The van der Waals surface area contributed by atoms with Crippen LogP contribution in [-0.2, 0) is 6.42 Å². The molecule has 1 aromatic carbocycles. The number of aliphatic hydroxyl groups excluding tert-OH is 1. The van der Waals surface area contributed by atoms with E-state index >= 15 is 0 Å². The number of benzene rings is 1. The molecule has 0 spiro atoms. The van der Waals surface area contributed by atoms with Crippen molar-refractivity contribution >= 4 is 11.6 Å². The van der Waals surface area contributed by atoms with Crippen LogP contribution in [-0.4, -0.2) is 11.2 Å². The summed E-state index contributed by atoms with van der Waals surface area (Å²) in [5.74, 6) is 2.56. The fourth-order valence-electron chi connectivity index (χ4n) is 1.48.